The number of hydrogen-bond acceptors (Lipinski definition) is 2. The van der Waals surface area contributed by atoms with Gasteiger partial charge in [0, 0.05) is 7.11 Å². The van der Waals surface area contributed by atoms with Crippen molar-refractivity contribution in [2.45, 2.75) is 0 Å². The number of nitrogens with one attached hydrogen (secondary N) is 1. The van der Waals surface area contributed by atoms with E-state index in [1.54, 1.807) is 0 Å². The van der Waals surface area contributed by atoms with E-state index in [4.69, 9.17) is 0 Å². The minimum atomic E-state index is -0.216. The quantitative estimate of drug-likeness (QED) is 0.412. The number of methoxy groups -OCH3 is 1. The summed E-state index contributed by atoms with van der Waals surface area (Å²) in [5.74, 6) is -0.216. The Morgan fingerprint density at radius 1 is 2.00 bits per heavy atom. The van der Waals surface area contributed by atoms with Gasteiger partial charge in [-0.1, -0.05) is 6.58 Å². The first kappa shape index (κ1) is 7.17. The van der Waals surface area contributed by atoms with Gasteiger partial charge in [0.15, 0.2) is 0 Å². The minimum Gasteiger partial charge on any atom is -0.364 e. The predicted molar refractivity (Wildman–Crippen MR) is 30.2 cm³/mol. The van der Waals surface area contributed by atoms with Crippen LogP contribution in [0, 0.1) is 0 Å². The SMILES string of the molecule is C=CC(=O)NCOC. The Balaban J connectivity index is 3.11. The largest absolute Gasteiger partial charge is 0.364 e. The fourth-order valence-electron chi connectivity index (χ4n) is 0.215. The van der Waals surface area contributed by atoms with Gasteiger partial charge in [-0.3, -0.25) is 4.79 Å². The van der Waals surface area contributed by atoms with Gasteiger partial charge in [0.25, 0.3) is 0 Å². The standard InChI is InChI=1S/C5H9NO2/c1-3-5(7)6-4-8-2/h3H,1,4H2,2H3,(H,6,7). The topological polar surface area (TPSA) is 38.3 Å². The van der Waals surface area contributed by atoms with Gasteiger partial charge in [-0.25, -0.2) is 0 Å². The predicted octanol–water partition coefficient (Wildman–Crippen LogP) is -0.108. The number of hydrogen-bond donors (Lipinski definition) is 1. The minimum absolute atomic E-state index is 0.216. The molecule has 0 atom stereocenters. The summed E-state index contributed by atoms with van der Waals surface area (Å²) in [5, 5.41) is 2.40. The number of amides is 1. The zero-order chi connectivity index (χ0) is 6.41. The van der Waals surface area contributed by atoms with Crippen LogP contribution in [0.3, 0.4) is 0 Å². The summed E-state index contributed by atoms with van der Waals surface area (Å²) < 4.78 is 4.53. The molecule has 0 fully saturated rings. The lowest BCUT2D eigenvalue weighted by Gasteiger charge is -1.96. The summed E-state index contributed by atoms with van der Waals surface area (Å²) in [7, 11) is 1.50. The van der Waals surface area contributed by atoms with E-state index in [2.05, 4.69) is 16.6 Å². The van der Waals surface area contributed by atoms with Crippen molar-refractivity contribution in [3.63, 3.8) is 0 Å². The smallest absolute Gasteiger partial charge is 0.245 e. The van der Waals surface area contributed by atoms with Crippen molar-refractivity contribution in [1.82, 2.24) is 5.32 Å². The molecule has 3 heteroatoms. The Bertz CT molecular complexity index is 90.4. The number of rotatable bonds is 3. The van der Waals surface area contributed by atoms with Gasteiger partial charge >= 0.3 is 0 Å². The highest BCUT2D eigenvalue weighted by Crippen LogP contribution is 1.64. The second kappa shape index (κ2) is 4.33. The maximum atomic E-state index is 10.3. The average Bonchev–Trinajstić information content (AvgIpc) is 1.83. The maximum Gasteiger partial charge on any atom is 0.245 e. The molecule has 0 saturated carbocycles. The third-order valence-electron chi connectivity index (χ3n) is 0.576. The van der Waals surface area contributed by atoms with Crippen LogP contribution in [0.2, 0.25) is 0 Å². The van der Waals surface area contributed by atoms with E-state index in [-0.39, 0.29) is 12.6 Å². The monoisotopic (exact) mass is 115 g/mol. The lowest BCUT2D eigenvalue weighted by Crippen LogP contribution is -2.22. The van der Waals surface area contributed by atoms with Gasteiger partial charge in [-0.15, -0.1) is 0 Å². The van der Waals surface area contributed by atoms with Gasteiger partial charge < -0.3 is 10.1 Å². The highest BCUT2D eigenvalue weighted by atomic mass is 16.5. The van der Waals surface area contributed by atoms with Gasteiger partial charge in [-0.2, -0.15) is 0 Å². The van der Waals surface area contributed by atoms with E-state index in [1.165, 1.54) is 13.2 Å². The number of carbonyl (C=O) groups is 1. The molecule has 0 aromatic carbocycles. The van der Waals surface area contributed by atoms with E-state index in [0.29, 0.717) is 0 Å². The van der Waals surface area contributed by atoms with Gasteiger partial charge in [0.2, 0.25) is 5.91 Å². The second-order valence-electron chi connectivity index (χ2n) is 1.18. The van der Waals surface area contributed by atoms with Gasteiger partial charge in [0.05, 0.1) is 0 Å². The highest BCUT2D eigenvalue weighted by Gasteiger charge is 1.86. The number of carbonyl (C=O) groups excluding carboxylic acids is 1. The molecule has 0 aliphatic rings. The molecule has 0 unspecified atom stereocenters. The van der Waals surface area contributed by atoms with Crippen LogP contribution in [0.4, 0.5) is 0 Å². The van der Waals surface area contributed by atoms with Crippen molar-refractivity contribution in [1.29, 1.82) is 0 Å². The average molecular weight is 115 g/mol. The fourth-order valence-corrected chi connectivity index (χ4v) is 0.215. The fraction of sp³-hybridized carbons (Fsp3) is 0.400. The Kier molecular flexibility index (Phi) is 3.88. The molecule has 46 valence electrons. The molecule has 8 heavy (non-hydrogen) atoms. The molecule has 3 nitrogen and oxygen atoms in total. The molecule has 0 saturated heterocycles. The molecule has 0 spiro atoms. The summed E-state index contributed by atoms with van der Waals surface area (Å²) in [6, 6.07) is 0. The van der Waals surface area contributed by atoms with E-state index < -0.39 is 0 Å². The summed E-state index contributed by atoms with van der Waals surface area (Å²) in [6.07, 6.45) is 1.19. The van der Waals surface area contributed by atoms with Crippen molar-refractivity contribution in [2.24, 2.45) is 0 Å². The summed E-state index contributed by atoms with van der Waals surface area (Å²) in [6.45, 7) is 3.49. The molecule has 1 amide bonds. The van der Waals surface area contributed by atoms with E-state index in [0.717, 1.165) is 0 Å². The first-order valence-electron chi connectivity index (χ1n) is 2.20. The van der Waals surface area contributed by atoms with E-state index >= 15 is 0 Å². The molecule has 0 radical (unpaired) electrons. The van der Waals surface area contributed by atoms with Crippen LogP contribution in [0.15, 0.2) is 12.7 Å². The second-order valence-corrected chi connectivity index (χ2v) is 1.18. The van der Waals surface area contributed by atoms with Crippen LogP contribution in [-0.4, -0.2) is 19.7 Å². The van der Waals surface area contributed by atoms with Crippen molar-refractivity contribution in [2.75, 3.05) is 13.8 Å². The van der Waals surface area contributed by atoms with Crippen LogP contribution < -0.4 is 5.32 Å². The zero-order valence-electron chi connectivity index (χ0n) is 4.81. The van der Waals surface area contributed by atoms with Crippen molar-refractivity contribution in [3.05, 3.63) is 12.7 Å². The van der Waals surface area contributed by atoms with E-state index in [1.807, 2.05) is 0 Å². The number of ether oxygens (including phenoxy) is 1. The lowest BCUT2D eigenvalue weighted by molar-refractivity contribution is -0.117. The molecule has 0 aromatic rings. The van der Waals surface area contributed by atoms with Crippen molar-refractivity contribution in [3.8, 4) is 0 Å². The van der Waals surface area contributed by atoms with E-state index in [9.17, 15) is 4.79 Å². The Hall–Kier alpha value is -0.830. The van der Waals surface area contributed by atoms with Gasteiger partial charge in [-0.05, 0) is 6.08 Å². The first-order valence-corrected chi connectivity index (χ1v) is 2.20. The Morgan fingerprint density at radius 3 is 3.00 bits per heavy atom. The Morgan fingerprint density at radius 2 is 2.62 bits per heavy atom. The third kappa shape index (κ3) is 3.36. The molecule has 0 aliphatic carbocycles. The van der Waals surface area contributed by atoms with Gasteiger partial charge in [0.1, 0.15) is 6.73 Å². The molecule has 0 rings (SSSR count). The first-order chi connectivity index (χ1) is 3.81. The van der Waals surface area contributed by atoms with Crippen LogP contribution in [0.5, 0.6) is 0 Å². The molecular weight excluding hydrogens is 106 g/mol. The van der Waals surface area contributed by atoms with Crippen LogP contribution in [-0.2, 0) is 9.53 Å². The molecular formula is C5H9NO2. The Labute approximate surface area is 48.3 Å². The zero-order valence-corrected chi connectivity index (χ0v) is 4.81. The van der Waals surface area contributed by atoms with Crippen LogP contribution in [0.1, 0.15) is 0 Å². The normalized spacial score (nSPS) is 8.12. The van der Waals surface area contributed by atoms with Crippen LogP contribution in [0.25, 0.3) is 0 Å². The summed E-state index contributed by atoms with van der Waals surface area (Å²) >= 11 is 0. The van der Waals surface area contributed by atoms with Crippen molar-refractivity contribution >= 4 is 5.91 Å². The molecule has 1 N–H and O–H groups in total. The molecule has 0 aliphatic heterocycles. The van der Waals surface area contributed by atoms with Crippen LogP contribution >= 0.6 is 0 Å². The van der Waals surface area contributed by atoms with Crippen molar-refractivity contribution < 1.29 is 9.53 Å². The summed E-state index contributed by atoms with van der Waals surface area (Å²) in [5.41, 5.74) is 0. The molecule has 0 heterocycles. The lowest BCUT2D eigenvalue weighted by atomic mass is 10.6. The molecule has 0 aromatic heterocycles. The molecule has 0 bridgehead atoms. The highest BCUT2D eigenvalue weighted by molar-refractivity contribution is 5.86. The maximum absolute atomic E-state index is 10.3. The summed E-state index contributed by atoms with van der Waals surface area (Å²) in [4.78, 5) is 10.3. The third-order valence-corrected chi connectivity index (χ3v) is 0.576.